The van der Waals surface area contributed by atoms with E-state index in [9.17, 15) is 4.79 Å². The normalized spacial score (nSPS) is 10.5. The molecular formula is C12H11Cl2N3O2. The van der Waals surface area contributed by atoms with Crippen LogP contribution in [-0.4, -0.2) is 28.1 Å². The zero-order valence-corrected chi connectivity index (χ0v) is 11.9. The standard InChI is InChI=1S/C12H11Cl2N3O2/c1-7-11(12(18)19-2)15-16-17(7)6-8-3-9(13)5-10(14)4-8/h3-5H,6H2,1-2H3. The molecule has 0 atom stereocenters. The largest absolute Gasteiger partial charge is 0.464 e. The lowest BCUT2D eigenvalue weighted by Crippen LogP contribution is -2.07. The molecule has 0 aliphatic carbocycles. The highest BCUT2D eigenvalue weighted by molar-refractivity contribution is 6.34. The lowest BCUT2D eigenvalue weighted by atomic mass is 10.2. The summed E-state index contributed by atoms with van der Waals surface area (Å²) in [6, 6.07) is 5.22. The van der Waals surface area contributed by atoms with Gasteiger partial charge in [-0.3, -0.25) is 0 Å². The van der Waals surface area contributed by atoms with Crippen molar-refractivity contribution in [2.24, 2.45) is 0 Å². The van der Waals surface area contributed by atoms with E-state index in [1.807, 2.05) is 0 Å². The van der Waals surface area contributed by atoms with E-state index < -0.39 is 5.97 Å². The van der Waals surface area contributed by atoms with Crippen molar-refractivity contribution in [3.05, 3.63) is 45.2 Å². The average Bonchev–Trinajstić information content (AvgIpc) is 2.69. The molecule has 0 radical (unpaired) electrons. The molecule has 0 fully saturated rings. The molecule has 1 aromatic heterocycles. The number of benzene rings is 1. The monoisotopic (exact) mass is 299 g/mol. The molecule has 19 heavy (non-hydrogen) atoms. The predicted molar refractivity (Wildman–Crippen MR) is 71.7 cm³/mol. The number of carbonyl (C=O) groups is 1. The molecule has 0 saturated heterocycles. The van der Waals surface area contributed by atoms with Crippen molar-refractivity contribution in [2.45, 2.75) is 13.5 Å². The maximum Gasteiger partial charge on any atom is 0.360 e. The number of ether oxygens (including phenoxy) is 1. The quantitative estimate of drug-likeness (QED) is 0.818. The van der Waals surface area contributed by atoms with Gasteiger partial charge in [-0.1, -0.05) is 28.4 Å². The van der Waals surface area contributed by atoms with Gasteiger partial charge in [-0.05, 0) is 30.7 Å². The third-order valence-electron chi connectivity index (χ3n) is 2.62. The highest BCUT2D eigenvalue weighted by Gasteiger charge is 2.16. The Morgan fingerprint density at radius 2 is 1.95 bits per heavy atom. The number of carbonyl (C=O) groups excluding carboxylic acids is 1. The summed E-state index contributed by atoms with van der Waals surface area (Å²) in [7, 11) is 1.30. The van der Waals surface area contributed by atoms with Crippen molar-refractivity contribution in [3.63, 3.8) is 0 Å². The van der Waals surface area contributed by atoms with Gasteiger partial charge in [0.1, 0.15) is 0 Å². The fourth-order valence-electron chi connectivity index (χ4n) is 1.67. The van der Waals surface area contributed by atoms with Gasteiger partial charge in [0, 0.05) is 10.0 Å². The molecule has 0 aliphatic heterocycles. The Morgan fingerprint density at radius 3 is 2.53 bits per heavy atom. The van der Waals surface area contributed by atoms with Crippen LogP contribution in [0.1, 0.15) is 21.7 Å². The molecule has 1 heterocycles. The van der Waals surface area contributed by atoms with Gasteiger partial charge in [0.2, 0.25) is 0 Å². The molecule has 0 spiro atoms. The molecule has 5 nitrogen and oxygen atoms in total. The Morgan fingerprint density at radius 1 is 1.32 bits per heavy atom. The van der Waals surface area contributed by atoms with Crippen LogP contribution in [0.25, 0.3) is 0 Å². The maximum atomic E-state index is 11.4. The molecule has 0 saturated carbocycles. The molecule has 7 heteroatoms. The van der Waals surface area contributed by atoms with Gasteiger partial charge in [-0.25, -0.2) is 9.48 Å². The van der Waals surface area contributed by atoms with Crippen LogP contribution in [0.2, 0.25) is 10.0 Å². The summed E-state index contributed by atoms with van der Waals surface area (Å²) in [4.78, 5) is 11.4. The SMILES string of the molecule is COC(=O)c1nnn(Cc2cc(Cl)cc(Cl)c2)c1C. The number of aromatic nitrogens is 3. The van der Waals surface area contributed by atoms with E-state index in [0.29, 0.717) is 22.3 Å². The Hall–Kier alpha value is -1.59. The summed E-state index contributed by atoms with van der Waals surface area (Å²) in [5, 5.41) is 8.82. The van der Waals surface area contributed by atoms with Gasteiger partial charge in [0.15, 0.2) is 5.69 Å². The summed E-state index contributed by atoms with van der Waals surface area (Å²) in [6.45, 7) is 2.18. The van der Waals surface area contributed by atoms with Crippen molar-refractivity contribution >= 4 is 29.2 Å². The first kappa shape index (κ1) is 13.8. The van der Waals surface area contributed by atoms with Gasteiger partial charge in [-0.2, -0.15) is 0 Å². The molecule has 0 aliphatic rings. The predicted octanol–water partition coefficient (Wildman–Crippen LogP) is 2.73. The summed E-state index contributed by atoms with van der Waals surface area (Å²) in [5.74, 6) is -0.507. The van der Waals surface area contributed by atoms with Gasteiger partial charge in [0.25, 0.3) is 0 Å². The fraction of sp³-hybridized carbons (Fsp3) is 0.250. The first-order valence-electron chi connectivity index (χ1n) is 5.44. The number of halogens is 2. The van der Waals surface area contributed by atoms with Crippen LogP contribution < -0.4 is 0 Å². The molecule has 2 rings (SSSR count). The second-order valence-electron chi connectivity index (χ2n) is 3.95. The van der Waals surface area contributed by atoms with Crippen LogP contribution in [-0.2, 0) is 11.3 Å². The number of esters is 1. The fourth-order valence-corrected chi connectivity index (χ4v) is 2.24. The van der Waals surface area contributed by atoms with E-state index in [0.717, 1.165) is 5.56 Å². The summed E-state index contributed by atoms with van der Waals surface area (Å²) in [5.41, 5.74) is 1.71. The van der Waals surface area contributed by atoms with Crippen LogP contribution in [0.5, 0.6) is 0 Å². The number of rotatable bonds is 3. The van der Waals surface area contributed by atoms with Gasteiger partial charge >= 0.3 is 5.97 Å². The average molecular weight is 300 g/mol. The number of hydrogen-bond donors (Lipinski definition) is 0. The minimum absolute atomic E-state index is 0.204. The summed E-state index contributed by atoms with van der Waals surface area (Å²) in [6.07, 6.45) is 0. The minimum atomic E-state index is -0.507. The second kappa shape index (κ2) is 5.59. The van der Waals surface area contributed by atoms with Crippen LogP contribution in [0.3, 0.4) is 0 Å². The van der Waals surface area contributed by atoms with Gasteiger partial charge in [0.05, 0.1) is 19.3 Å². The van der Waals surface area contributed by atoms with E-state index in [2.05, 4.69) is 15.0 Å². The number of nitrogens with zero attached hydrogens (tertiary/aromatic N) is 3. The van der Waals surface area contributed by atoms with Crippen molar-refractivity contribution in [2.75, 3.05) is 7.11 Å². The summed E-state index contributed by atoms with van der Waals surface area (Å²) < 4.78 is 6.21. The van der Waals surface area contributed by atoms with E-state index in [4.69, 9.17) is 23.2 Å². The highest BCUT2D eigenvalue weighted by atomic mass is 35.5. The van der Waals surface area contributed by atoms with Gasteiger partial charge < -0.3 is 4.74 Å². The zero-order chi connectivity index (χ0) is 14.0. The van der Waals surface area contributed by atoms with E-state index >= 15 is 0 Å². The van der Waals surface area contributed by atoms with Crippen LogP contribution in [0, 0.1) is 6.92 Å². The lowest BCUT2D eigenvalue weighted by Gasteiger charge is -2.05. The van der Waals surface area contributed by atoms with Crippen LogP contribution >= 0.6 is 23.2 Å². The minimum Gasteiger partial charge on any atom is -0.464 e. The van der Waals surface area contributed by atoms with Crippen molar-refractivity contribution in [1.82, 2.24) is 15.0 Å². The van der Waals surface area contributed by atoms with Crippen LogP contribution in [0.15, 0.2) is 18.2 Å². The smallest absolute Gasteiger partial charge is 0.360 e. The molecule has 0 bridgehead atoms. The molecule has 0 amide bonds. The van der Waals surface area contributed by atoms with Crippen molar-refractivity contribution < 1.29 is 9.53 Å². The van der Waals surface area contributed by atoms with Crippen molar-refractivity contribution in [3.8, 4) is 0 Å². The Balaban J connectivity index is 2.29. The van der Waals surface area contributed by atoms with Crippen molar-refractivity contribution in [1.29, 1.82) is 0 Å². The Labute approximate surface area is 120 Å². The molecule has 100 valence electrons. The summed E-state index contributed by atoms with van der Waals surface area (Å²) >= 11 is 11.9. The zero-order valence-electron chi connectivity index (χ0n) is 10.4. The molecule has 0 N–H and O–H groups in total. The van der Waals surface area contributed by atoms with E-state index in [1.165, 1.54) is 7.11 Å². The lowest BCUT2D eigenvalue weighted by molar-refractivity contribution is 0.0593. The third kappa shape index (κ3) is 3.05. The first-order chi connectivity index (χ1) is 9.01. The number of hydrogen-bond acceptors (Lipinski definition) is 4. The van der Waals surface area contributed by atoms with E-state index in [-0.39, 0.29) is 5.69 Å². The Bertz CT molecular complexity index is 605. The maximum absolute atomic E-state index is 11.4. The van der Waals surface area contributed by atoms with Gasteiger partial charge in [-0.15, -0.1) is 5.10 Å². The first-order valence-corrected chi connectivity index (χ1v) is 6.20. The third-order valence-corrected chi connectivity index (χ3v) is 3.05. The molecule has 1 aromatic carbocycles. The topological polar surface area (TPSA) is 57.0 Å². The highest BCUT2D eigenvalue weighted by Crippen LogP contribution is 2.20. The molecule has 0 unspecified atom stereocenters. The number of methoxy groups -OCH3 is 1. The second-order valence-corrected chi connectivity index (χ2v) is 4.82. The molecule has 2 aromatic rings. The van der Waals surface area contributed by atoms with Crippen LogP contribution in [0.4, 0.5) is 0 Å². The van der Waals surface area contributed by atoms with E-state index in [1.54, 1.807) is 29.8 Å². The Kier molecular flexibility index (Phi) is 4.07. The molecular weight excluding hydrogens is 289 g/mol.